The zero-order valence-electron chi connectivity index (χ0n) is 8.24. The third-order valence-corrected chi connectivity index (χ3v) is 1.45. The van der Waals surface area contributed by atoms with Crippen molar-refractivity contribution in [2.45, 2.75) is 19.9 Å². The summed E-state index contributed by atoms with van der Waals surface area (Å²) in [5, 5.41) is 5.27. The van der Waals surface area contributed by atoms with Crippen molar-refractivity contribution in [3.05, 3.63) is 18.3 Å². The first-order valence-corrected chi connectivity index (χ1v) is 4.37. The van der Waals surface area contributed by atoms with E-state index in [-0.39, 0.29) is 12.1 Å². The van der Waals surface area contributed by atoms with Crippen molar-refractivity contribution in [1.29, 1.82) is 0 Å². The molecule has 0 aliphatic rings. The maximum absolute atomic E-state index is 11.2. The number of carbonyl (C=O) groups is 1. The summed E-state index contributed by atoms with van der Waals surface area (Å²) in [6.45, 7) is 3.77. The Bertz CT molecular complexity index is 307. The molecule has 76 valence electrons. The minimum absolute atomic E-state index is 0.101. The van der Waals surface area contributed by atoms with Crippen LogP contribution in [0.2, 0.25) is 0 Å². The summed E-state index contributed by atoms with van der Waals surface area (Å²) in [6, 6.07) is 3.16. The highest BCUT2D eigenvalue weighted by molar-refractivity contribution is 5.88. The lowest BCUT2D eigenvalue weighted by atomic mass is 10.4. The van der Waals surface area contributed by atoms with Gasteiger partial charge in [0, 0.05) is 6.04 Å². The summed E-state index contributed by atoms with van der Waals surface area (Å²) in [7, 11) is 0. The molecule has 0 bridgehead atoms. The SMILES string of the molecule is CC(C)NC(=O)Nc1ccc(N)cn1. The zero-order valence-corrected chi connectivity index (χ0v) is 8.24. The lowest BCUT2D eigenvalue weighted by Gasteiger charge is -2.09. The fourth-order valence-corrected chi connectivity index (χ4v) is 0.894. The maximum atomic E-state index is 11.2. The Morgan fingerprint density at radius 1 is 1.50 bits per heavy atom. The second-order valence-electron chi connectivity index (χ2n) is 3.23. The summed E-state index contributed by atoms with van der Waals surface area (Å²) in [5.74, 6) is 0.484. The number of nitrogens with zero attached hydrogens (tertiary/aromatic N) is 1. The van der Waals surface area contributed by atoms with Crippen molar-refractivity contribution in [3.63, 3.8) is 0 Å². The van der Waals surface area contributed by atoms with Crippen LogP contribution in [-0.2, 0) is 0 Å². The molecule has 5 nitrogen and oxygen atoms in total. The molecule has 0 radical (unpaired) electrons. The van der Waals surface area contributed by atoms with E-state index in [4.69, 9.17) is 5.73 Å². The van der Waals surface area contributed by atoms with E-state index in [1.54, 1.807) is 12.1 Å². The number of nitrogen functional groups attached to an aromatic ring is 1. The molecular formula is C9H14N4O. The van der Waals surface area contributed by atoms with Gasteiger partial charge in [-0.25, -0.2) is 9.78 Å². The smallest absolute Gasteiger partial charge is 0.320 e. The van der Waals surface area contributed by atoms with Crippen LogP contribution < -0.4 is 16.4 Å². The van der Waals surface area contributed by atoms with E-state index >= 15 is 0 Å². The van der Waals surface area contributed by atoms with Crippen molar-refractivity contribution in [2.75, 3.05) is 11.1 Å². The number of hydrogen-bond acceptors (Lipinski definition) is 3. The van der Waals surface area contributed by atoms with E-state index < -0.39 is 0 Å². The van der Waals surface area contributed by atoms with Gasteiger partial charge in [0.25, 0.3) is 0 Å². The standard InChI is InChI=1S/C9H14N4O/c1-6(2)12-9(14)13-8-4-3-7(10)5-11-8/h3-6H,10H2,1-2H3,(H2,11,12,13,14). The molecule has 1 heterocycles. The molecule has 0 fully saturated rings. The number of aromatic nitrogens is 1. The van der Waals surface area contributed by atoms with Crippen molar-refractivity contribution < 1.29 is 4.79 Å². The number of urea groups is 1. The highest BCUT2D eigenvalue weighted by atomic mass is 16.2. The second-order valence-corrected chi connectivity index (χ2v) is 3.23. The molecule has 0 saturated heterocycles. The first-order chi connectivity index (χ1) is 6.58. The van der Waals surface area contributed by atoms with Crippen LogP contribution in [0.1, 0.15) is 13.8 Å². The predicted molar refractivity (Wildman–Crippen MR) is 55.9 cm³/mol. The molecule has 2 amide bonds. The van der Waals surface area contributed by atoms with Gasteiger partial charge in [-0.1, -0.05) is 0 Å². The summed E-state index contributed by atoms with van der Waals surface area (Å²) in [4.78, 5) is 15.1. The molecule has 0 saturated carbocycles. The van der Waals surface area contributed by atoms with Gasteiger partial charge in [-0.3, -0.25) is 5.32 Å². The highest BCUT2D eigenvalue weighted by Gasteiger charge is 2.02. The fourth-order valence-electron chi connectivity index (χ4n) is 0.894. The normalized spacial score (nSPS) is 9.93. The van der Waals surface area contributed by atoms with Gasteiger partial charge in [0.05, 0.1) is 11.9 Å². The third kappa shape index (κ3) is 3.30. The Morgan fingerprint density at radius 2 is 2.21 bits per heavy atom. The number of carbonyl (C=O) groups excluding carboxylic acids is 1. The fraction of sp³-hybridized carbons (Fsp3) is 0.333. The highest BCUT2D eigenvalue weighted by Crippen LogP contribution is 2.05. The van der Waals surface area contributed by atoms with Crippen molar-refractivity contribution in [1.82, 2.24) is 10.3 Å². The summed E-state index contributed by atoms with van der Waals surface area (Å²) in [5.41, 5.74) is 6.02. The Hall–Kier alpha value is -1.78. The van der Waals surface area contributed by atoms with Gasteiger partial charge < -0.3 is 11.1 Å². The van der Waals surface area contributed by atoms with Crippen molar-refractivity contribution in [3.8, 4) is 0 Å². The van der Waals surface area contributed by atoms with Crippen LogP contribution in [0.5, 0.6) is 0 Å². The van der Waals surface area contributed by atoms with Crippen LogP contribution in [0.25, 0.3) is 0 Å². The molecule has 1 aromatic heterocycles. The predicted octanol–water partition coefficient (Wildman–Crippen LogP) is 1.19. The zero-order chi connectivity index (χ0) is 10.6. The molecule has 0 aliphatic heterocycles. The molecule has 1 aromatic rings. The van der Waals surface area contributed by atoms with Gasteiger partial charge in [-0.05, 0) is 26.0 Å². The average Bonchev–Trinajstić information content (AvgIpc) is 2.07. The quantitative estimate of drug-likeness (QED) is 0.661. The van der Waals surface area contributed by atoms with Gasteiger partial charge in [0.1, 0.15) is 5.82 Å². The largest absolute Gasteiger partial charge is 0.397 e. The minimum atomic E-state index is -0.266. The van der Waals surface area contributed by atoms with Gasteiger partial charge in [-0.15, -0.1) is 0 Å². The van der Waals surface area contributed by atoms with Gasteiger partial charge >= 0.3 is 6.03 Å². The topological polar surface area (TPSA) is 80.0 Å². The van der Waals surface area contributed by atoms with E-state index in [2.05, 4.69) is 15.6 Å². The van der Waals surface area contributed by atoms with E-state index in [9.17, 15) is 4.79 Å². The monoisotopic (exact) mass is 194 g/mol. The van der Waals surface area contributed by atoms with Crippen LogP contribution in [0.3, 0.4) is 0 Å². The number of pyridine rings is 1. The Balaban J connectivity index is 2.52. The average molecular weight is 194 g/mol. The molecule has 0 atom stereocenters. The second kappa shape index (κ2) is 4.45. The molecule has 4 N–H and O–H groups in total. The van der Waals surface area contributed by atoms with Gasteiger partial charge in [-0.2, -0.15) is 0 Å². The molecule has 0 spiro atoms. The lowest BCUT2D eigenvalue weighted by Crippen LogP contribution is -2.34. The Morgan fingerprint density at radius 3 is 2.71 bits per heavy atom. The number of nitrogens with one attached hydrogen (secondary N) is 2. The summed E-state index contributed by atoms with van der Waals surface area (Å²) in [6.07, 6.45) is 1.49. The molecule has 0 aromatic carbocycles. The number of anilines is 2. The maximum Gasteiger partial charge on any atom is 0.320 e. The summed E-state index contributed by atoms with van der Waals surface area (Å²) >= 11 is 0. The molecular weight excluding hydrogens is 180 g/mol. The summed E-state index contributed by atoms with van der Waals surface area (Å²) < 4.78 is 0. The first kappa shape index (κ1) is 10.3. The van der Waals surface area contributed by atoms with E-state index in [1.807, 2.05) is 13.8 Å². The molecule has 14 heavy (non-hydrogen) atoms. The Labute approximate surface area is 82.7 Å². The van der Waals surface area contributed by atoms with Crippen molar-refractivity contribution >= 4 is 17.5 Å². The van der Waals surface area contributed by atoms with E-state index in [1.165, 1.54) is 6.20 Å². The van der Waals surface area contributed by atoms with Crippen LogP contribution in [0.15, 0.2) is 18.3 Å². The van der Waals surface area contributed by atoms with E-state index in [0.717, 1.165) is 0 Å². The molecule has 5 heteroatoms. The minimum Gasteiger partial charge on any atom is -0.397 e. The van der Waals surface area contributed by atoms with Gasteiger partial charge in [0.2, 0.25) is 0 Å². The van der Waals surface area contributed by atoms with E-state index in [0.29, 0.717) is 11.5 Å². The lowest BCUT2D eigenvalue weighted by molar-refractivity contribution is 0.250. The first-order valence-electron chi connectivity index (χ1n) is 4.37. The number of hydrogen-bond donors (Lipinski definition) is 3. The molecule has 0 unspecified atom stereocenters. The van der Waals surface area contributed by atoms with Crippen LogP contribution in [-0.4, -0.2) is 17.1 Å². The molecule has 1 rings (SSSR count). The van der Waals surface area contributed by atoms with Crippen LogP contribution >= 0.6 is 0 Å². The molecule has 0 aliphatic carbocycles. The van der Waals surface area contributed by atoms with Crippen molar-refractivity contribution in [2.24, 2.45) is 0 Å². The Kier molecular flexibility index (Phi) is 3.28. The van der Waals surface area contributed by atoms with Crippen LogP contribution in [0.4, 0.5) is 16.3 Å². The van der Waals surface area contributed by atoms with Crippen LogP contribution in [0, 0.1) is 0 Å². The number of rotatable bonds is 2. The van der Waals surface area contributed by atoms with Gasteiger partial charge in [0.15, 0.2) is 0 Å². The number of nitrogens with two attached hydrogens (primary N) is 1. The third-order valence-electron chi connectivity index (χ3n) is 1.45. The number of amides is 2.